The number of piperidine rings is 1. The molecule has 6 nitrogen and oxygen atoms in total. The van der Waals surface area contributed by atoms with E-state index in [9.17, 15) is 13.2 Å². The van der Waals surface area contributed by atoms with E-state index in [1.54, 1.807) is 4.90 Å². The Balaban J connectivity index is 2.41. The molecule has 0 bridgehead atoms. The van der Waals surface area contributed by atoms with Gasteiger partial charge in [-0.05, 0) is 32.6 Å². The van der Waals surface area contributed by atoms with Crippen molar-refractivity contribution < 1.29 is 17.9 Å². The number of carbonyl (C=O) groups is 1. The van der Waals surface area contributed by atoms with Gasteiger partial charge in [0.2, 0.25) is 15.9 Å². The maximum atomic E-state index is 12.1. The average molecular weight is 306 g/mol. The molecule has 1 amide bonds. The summed E-state index contributed by atoms with van der Waals surface area (Å²) < 4.78 is 30.7. The van der Waals surface area contributed by atoms with Crippen LogP contribution in [0.1, 0.15) is 33.6 Å². The minimum absolute atomic E-state index is 0.111. The van der Waals surface area contributed by atoms with Crippen LogP contribution in [-0.2, 0) is 19.6 Å². The molecule has 7 heteroatoms. The SMILES string of the molecule is CCOCCS(=O)(=O)NCC(=O)N1C[C@H](C)CC[C@H]1C. The first-order valence-corrected chi connectivity index (χ1v) is 8.85. The third kappa shape index (κ3) is 5.76. The van der Waals surface area contributed by atoms with Gasteiger partial charge >= 0.3 is 0 Å². The summed E-state index contributed by atoms with van der Waals surface area (Å²) in [6, 6.07) is 0.187. The van der Waals surface area contributed by atoms with Crippen LogP contribution in [0.25, 0.3) is 0 Å². The van der Waals surface area contributed by atoms with E-state index in [1.807, 2.05) is 13.8 Å². The molecular weight excluding hydrogens is 280 g/mol. The minimum atomic E-state index is -3.44. The van der Waals surface area contributed by atoms with Gasteiger partial charge in [-0.25, -0.2) is 13.1 Å². The van der Waals surface area contributed by atoms with Crippen LogP contribution in [0, 0.1) is 5.92 Å². The summed E-state index contributed by atoms with van der Waals surface area (Å²) in [6.07, 6.45) is 2.09. The second-order valence-electron chi connectivity index (χ2n) is 5.41. The van der Waals surface area contributed by atoms with E-state index in [0.717, 1.165) is 12.8 Å². The Morgan fingerprint density at radius 1 is 1.35 bits per heavy atom. The van der Waals surface area contributed by atoms with Gasteiger partial charge in [-0.2, -0.15) is 0 Å². The number of likely N-dealkylation sites (tertiary alicyclic amines) is 1. The first-order valence-electron chi connectivity index (χ1n) is 7.20. The number of nitrogens with zero attached hydrogens (tertiary/aromatic N) is 1. The number of ether oxygens (including phenoxy) is 1. The van der Waals surface area contributed by atoms with Gasteiger partial charge in [0.05, 0.1) is 18.9 Å². The Hall–Kier alpha value is -0.660. The van der Waals surface area contributed by atoms with Gasteiger partial charge in [0, 0.05) is 19.2 Å². The molecule has 0 aromatic heterocycles. The van der Waals surface area contributed by atoms with Crippen molar-refractivity contribution in [3.63, 3.8) is 0 Å². The van der Waals surface area contributed by atoms with Crippen LogP contribution in [0.5, 0.6) is 0 Å². The lowest BCUT2D eigenvalue weighted by molar-refractivity contribution is -0.134. The monoisotopic (exact) mass is 306 g/mol. The zero-order valence-corrected chi connectivity index (χ0v) is 13.4. The van der Waals surface area contributed by atoms with E-state index < -0.39 is 10.0 Å². The third-order valence-corrected chi connectivity index (χ3v) is 4.87. The molecule has 0 unspecified atom stereocenters. The maximum absolute atomic E-state index is 12.1. The zero-order valence-electron chi connectivity index (χ0n) is 12.6. The fourth-order valence-electron chi connectivity index (χ4n) is 2.29. The third-order valence-electron chi connectivity index (χ3n) is 3.58. The van der Waals surface area contributed by atoms with Crippen molar-refractivity contribution in [2.24, 2.45) is 5.92 Å². The fourth-order valence-corrected chi connectivity index (χ4v) is 3.12. The lowest BCUT2D eigenvalue weighted by Gasteiger charge is -2.36. The first-order chi connectivity index (χ1) is 9.35. The summed E-state index contributed by atoms with van der Waals surface area (Å²) in [7, 11) is -3.44. The van der Waals surface area contributed by atoms with E-state index >= 15 is 0 Å². The molecule has 0 aromatic carbocycles. The molecule has 2 atom stereocenters. The molecule has 1 heterocycles. The van der Waals surface area contributed by atoms with Crippen LogP contribution in [0.4, 0.5) is 0 Å². The molecule has 1 saturated heterocycles. The van der Waals surface area contributed by atoms with Gasteiger partial charge in [0.15, 0.2) is 0 Å². The highest BCUT2D eigenvalue weighted by molar-refractivity contribution is 7.89. The second-order valence-corrected chi connectivity index (χ2v) is 7.34. The van der Waals surface area contributed by atoms with Crippen LogP contribution in [0.3, 0.4) is 0 Å². The van der Waals surface area contributed by atoms with Crippen molar-refractivity contribution in [2.75, 3.05) is 32.1 Å². The summed E-state index contributed by atoms with van der Waals surface area (Å²) in [6.45, 7) is 7.11. The number of hydrogen-bond donors (Lipinski definition) is 1. The van der Waals surface area contributed by atoms with Gasteiger partial charge < -0.3 is 9.64 Å². The zero-order chi connectivity index (χ0) is 15.2. The molecule has 0 radical (unpaired) electrons. The Labute approximate surface area is 121 Å². The van der Waals surface area contributed by atoms with E-state index in [0.29, 0.717) is 19.1 Å². The van der Waals surface area contributed by atoms with Crippen molar-refractivity contribution >= 4 is 15.9 Å². The first kappa shape index (κ1) is 17.4. The maximum Gasteiger partial charge on any atom is 0.237 e. The van der Waals surface area contributed by atoms with Crippen molar-refractivity contribution in [2.45, 2.75) is 39.7 Å². The van der Waals surface area contributed by atoms with Crippen LogP contribution >= 0.6 is 0 Å². The molecular formula is C13H26N2O4S. The smallest absolute Gasteiger partial charge is 0.237 e. The van der Waals surface area contributed by atoms with E-state index in [1.165, 1.54) is 0 Å². The van der Waals surface area contributed by atoms with Crippen molar-refractivity contribution in [3.8, 4) is 0 Å². The number of sulfonamides is 1. The molecule has 1 aliphatic heterocycles. The normalized spacial score (nSPS) is 23.9. The molecule has 0 saturated carbocycles. The topological polar surface area (TPSA) is 75.7 Å². The number of nitrogens with one attached hydrogen (secondary N) is 1. The number of hydrogen-bond acceptors (Lipinski definition) is 4. The van der Waals surface area contributed by atoms with E-state index in [2.05, 4.69) is 11.6 Å². The Morgan fingerprint density at radius 3 is 2.70 bits per heavy atom. The molecule has 0 aliphatic carbocycles. The highest BCUT2D eigenvalue weighted by atomic mass is 32.2. The van der Waals surface area contributed by atoms with Crippen LogP contribution in [0.2, 0.25) is 0 Å². The molecule has 1 aliphatic rings. The lowest BCUT2D eigenvalue weighted by Crippen LogP contribution is -2.49. The lowest BCUT2D eigenvalue weighted by atomic mass is 9.95. The molecule has 118 valence electrons. The summed E-state index contributed by atoms with van der Waals surface area (Å²) >= 11 is 0. The van der Waals surface area contributed by atoms with Crippen LogP contribution < -0.4 is 4.72 Å². The predicted octanol–water partition coefficient (Wildman–Crippen LogP) is 0.589. The molecule has 1 N–H and O–H groups in total. The van der Waals surface area contributed by atoms with Gasteiger partial charge in [-0.1, -0.05) is 6.92 Å². The second kappa shape index (κ2) is 7.95. The van der Waals surface area contributed by atoms with E-state index in [4.69, 9.17) is 4.74 Å². The van der Waals surface area contributed by atoms with Crippen molar-refractivity contribution in [1.29, 1.82) is 0 Å². The molecule has 0 aromatic rings. The fraction of sp³-hybridized carbons (Fsp3) is 0.923. The van der Waals surface area contributed by atoms with Crippen LogP contribution in [-0.4, -0.2) is 57.3 Å². The standard InChI is InChI=1S/C13H26N2O4S/c1-4-19-7-8-20(17,18)14-9-13(16)15-10-11(2)5-6-12(15)3/h11-12,14H,4-10H2,1-3H3/t11-,12-/m1/s1. The Bertz CT molecular complexity index is 411. The summed E-state index contributed by atoms with van der Waals surface area (Å²) in [4.78, 5) is 13.9. The number of carbonyl (C=O) groups excluding carboxylic acids is 1. The van der Waals surface area contributed by atoms with Gasteiger partial charge in [-0.3, -0.25) is 4.79 Å². The predicted molar refractivity (Wildman–Crippen MR) is 77.9 cm³/mol. The van der Waals surface area contributed by atoms with Crippen molar-refractivity contribution in [3.05, 3.63) is 0 Å². The van der Waals surface area contributed by atoms with Crippen molar-refractivity contribution in [1.82, 2.24) is 9.62 Å². The summed E-state index contributed by atoms with van der Waals surface area (Å²) in [5.74, 6) is 0.217. The number of rotatable bonds is 7. The Kier molecular flexibility index (Phi) is 6.91. The Morgan fingerprint density at radius 2 is 2.05 bits per heavy atom. The van der Waals surface area contributed by atoms with E-state index in [-0.39, 0.29) is 30.9 Å². The molecule has 0 spiro atoms. The van der Waals surface area contributed by atoms with Gasteiger partial charge in [0.25, 0.3) is 0 Å². The highest BCUT2D eigenvalue weighted by Crippen LogP contribution is 2.21. The average Bonchev–Trinajstić information content (AvgIpc) is 2.39. The summed E-state index contributed by atoms with van der Waals surface area (Å²) in [5.41, 5.74) is 0. The molecule has 1 fully saturated rings. The molecule has 20 heavy (non-hydrogen) atoms. The molecule has 1 rings (SSSR count). The van der Waals surface area contributed by atoms with Crippen LogP contribution in [0.15, 0.2) is 0 Å². The largest absolute Gasteiger partial charge is 0.381 e. The van der Waals surface area contributed by atoms with Gasteiger partial charge in [0.1, 0.15) is 0 Å². The number of amides is 1. The van der Waals surface area contributed by atoms with Gasteiger partial charge in [-0.15, -0.1) is 0 Å². The summed E-state index contributed by atoms with van der Waals surface area (Å²) in [5, 5.41) is 0. The minimum Gasteiger partial charge on any atom is -0.381 e. The highest BCUT2D eigenvalue weighted by Gasteiger charge is 2.27. The quantitative estimate of drug-likeness (QED) is 0.699.